The summed E-state index contributed by atoms with van der Waals surface area (Å²) in [5.41, 5.74) is 0. The second kappa shape index (κ2) is 16.8. The average molecular weight is 366 g/mol. The molecule has 3 nitrogen and oxygen atoms in total. The number of esters is 1. The van der Waals surface area contributed by atoms with Gasteiger partial charge in [-0.05, 0) is 44.9 Å². The molecular formula is C23H36O3. The second-order valence-electron chi connectivity index (χ2n) is 6.09. The molecule has 0 spiro atoms. The summed E-state index contributed by atoms with van der Waals surface area (Å²) in [6.45, 7) is -3.06. The van der Waals surface area contributed by atoms with Crippen LogP contribution in [0, 0.1) is 0 Å². The Morgan fingerprint density at radius 2 is 1.58 bits per heavy atom. The maximum absolute atomic E-state index is 11.7. The van der Waals surface area contributed by atoms with Gasteiger partial charge < -0.3 is 9.47 Å². The molecule has 0 radical (unpaired) electrons. The Hall–Kier alpha value is -1.61. The first-order valence-electron chi connectivity index (χ1n) is 12.2. The van der Waals surface area contributed by atoms with Gasteiger partial charge in [0.2, 0.25) is 0 Å². The second-order valence-corrected chi connectivity index (χ2v) is 6.09. The van der Waals surface area contributed by atoms with Crippen molar-refractivity contribution in [3.05, 3.63) is 48.6 Å². The molecule has 26 heavy (non-hydrogen) atoms. The van der Waals surface area contributed by atoms with Crippen molar-refractivity contribution in [1.82, 2.24) is 0 Å². The van der Waals surface area contributed by atoms with Gasteiger partial charge in [0, 0.05) is 6.42 Å². The van der Waals surface area contributed by atoms with E-state index in [4.69, 9.17) is 6.85 Å². The smallest absolute Gasteiger partial charge is 0.305 e. The van der Waals surface area contributed by atoms with E-state index < -0.39 is 25.2 Å². The molecule has 1 heterocycles. The third-order valence-electron chi connectivity index (χ3n) is 3.67. The summed E-state index contributed by atoms with van der Waals surface area (Å²) in [6.07, 6.45) is 23.3. The van der Waals surface area contributed by atoms with E-state index in [0.29, 0.717) is 12.8 Å². The molecule has 3 heteroatoms. The number of epoxide rings is 1. The van der Waals surface area contributed by atoms with Gasteiger partial charge in [-0.2, -0.15) is 0 Å². The molecule has 1 rings (SSSR count). The molecule has 1 atom stereocenters. The van der Waals surface area contributed by atoms with Crippen LogP contribution in [0.2, 0.25) is 0 Å². The lowest BCUT2D eigenvalue weighted by molar-refractivity contribution is -0.144. The predicted molar refractivity (Wildman–Crippen MR) is 109 cm³/mol. The highest BCUT2D eigenvalue weighted by atomic mass is 16.6. The number of carbonyl (C=O) groups is 1. The fraction of sp³-hybridized carbons (Fsp3) is 0.609. The number of allylic oxidation sites excluding steroid dienone is 8. The monoisotopic (exact) mass is 365 g/mol. The van der Waals surface area contributed by atoms with Gasteiger partial charge in [0.15, 0.2) is 0 Å². The van der Waals surface area contributed by atoms with E-state index in [1.165, 1.54) is 25.7 Å². The molecular weight excluding hydrogens is 324 g/mol. The number of ether oxygens (including phenoxy) is 2. The van der Waals surface area contributed by atoms with Crippen molar-refractivity contribution < 1.29 is 21.1 Å². The zero-order chi connectivity index (χ0) is 23.2. The maximum atomic E-state index is 11.7. The normalized spacial score (nSPS) is 25.3. The van der Waals surface area contributed by atoms with Gasteiger partial charge in [0.1, 0.15) is 12.6 Å². The molecule has 1 saturated heterocycles. The van der Waals surface area contributed by atoms with Crippen LogP contribution in [0.4, 0.5) is 0 Å². The Bertz CT molecular complexity index is 656. The van der Waals surface area contributed by atoms with Crippen LogP contribution in [0.1, 0.15) is 78.0 Å². The Kier molecular flexibility index (Phi) is 10.0. The molecule has 146 valence electrons. The predicted octanol–water partition coefficient (Wildman–Crippen LogP) is 6.07. The van der Waals surface area contributed by atoms with Gasteiger partial charge in [-0.1, -0.05) is 68.4 Å². The Morgan fingerprint density at radius 1 is 1.04 bits per heavy atom. The van der Waals surface area contributed by atoms with Gasteiger partial charge in [-0.3, -0.25) is 4.79 Å². The Labute approximate surface area is 166 Å². The summed E-state index contributed by atoms with van der Waals surface area (Å²) < 4.78 is 46.3. The molecule has 0 N–H and O–H groups in total. The van der Waals surface area contributed by atoms with Crippen LogP contribution in [0.3, 0.4) is 0 Å². The third kappa shape index (κ3) is 15.9. The molecule has 0 aliphatic carbocycles. The number of hydrogen-bond donors (Lipinski definition) is 0. The zero-order valence-electron chi connectivity index (χ0n) is 20.9. The topological polar surface area (TPSA) is 38.8 Å². The first-order valence-corrected chi connectivity index (χ1v) is 9.68. The van der Waals surface area contributed by atoms with E-state index in [-0.39, 0.29) is 6.42 Å². The SMILES string of the molecule is [2H]C([2H])(OC(=O)CCC/C=C\C/C=C\C/C=C\C/C=C\CCCCC)C1([2H])OC1([2H])[2H]. The van der Waals surface area contributed by atoms with Crippen LogP contribution < -0.4 is 0 Å². The average Bonchev–Trinajstić information content (AvgIpc) is 3.23. The standard InChI is InChI=1S/C23H36O3/c1-2-3-4-5-6-7-8-9-10-11-12-13-14-15-16-17-18-19-23(24)26-21-22-20-25-22/h6-7,9-10,12-13,15-16,22H,2-5,8,11,14,17-21H2,1H3/b7-6-,10-9-,13-12-,16-15-/i20D2,21D2,22D. The fourth-order valence-electron chi connectivity index (χ4n) is 2.15. The fourth-order valence-corrected chi connectivity index (χ4v) is 2.15. The van der Waals surface area contributed by atoms with Crippen LogP contribution >= 0.6 is 0 Å². The molecule has 0 aromatic heterocycles. The maximum Gasteiger partial charge on any atom is 0.305 e. The number of carbonyl (C=O) groups excluding carboxylic acids is 1. The largest absolute Gasteiger partial charge is 0.463 e. The lowest BCUT2D eigenvalue weighted by Gasteiger charge is -2.00. The summed E-state index contributed by atoms with van der Waals surface area (Å²) in [7, 11) is 0. The lowest BCUT2D eigenvalue weighted by atomic mass is 10.2. The van der Waals surface area contributed by atoms with Gasteiger partial charge in [0.25, 0.3) is 0 Å². The van der Waals surface area contributed by atoms with Crippen LogP contribution in [-0.2, 0) is 14.3 Å². The van der Waals surface area contributed by atoms with Crippen molar-refractivity contribution in [1.29, 1.82) is 0 Å². The quantitative estimate of drug-likeness (QED) is 0.144. The Morgan fingerprint density at radius 3 is 2.12 bits per heavy atom. The minimum atomic E-state index is -2.83. The van der Waals surface area contributed by atoms with Gasteiger partial charge in [0.05, 0.1) is 13.4 Å². The van der Waals surface area contributed by atoms with Crippen molar-refractivity contribution in [2.45, 2.75) is 77.2 Å². The minimum Gasteiger partial charge on any atom is -0.463 e. The first-order chi connectivity index (χ1) is 14.7. The molecule has 0 saturated carbocycles. The van der Waals surface area contributed by atoms with E-state index in [1.807, 2.05) is 12.2 Å². The molecule has 0 aromatic rings. The van der Waals surface area contributed by atoms with Crippen LogP contribution in [0.15, 0.2) is 48.6 Å². The highest BCUT2D eigenvalue weighted by molar-refractivity contribution is 5.69. The molecule has 0 amide bonds. The van der Waals surface area contributed by atoms with Crippen LogP contribution in [0.25, 0.3) is 0 Å². The molecule has 1 fully saturated rings. The van der Waals surface area contributed by atoms with Gasteiger partial charge >= 0.3 is 5.97 Å². The van der Waals surface area contributed by atoms with Crippen LogP contribution in [0.5, 0.6) is 0 Å². The van der Waals surface area contributed by atoms with Crippen molar-refractivity contribution in [3.63, 3.8) is 0 Å². The summed E-state index contributed by atoms with van der Waals surface area (Å²) in [4.78, 5) is 11.7. The molecule has 1 unspecified atom stereocenters. The highest BCUT2D eigenvalue weighted by Crippen LogP contribution is 2.09. The number of rotatable bonds is 16. The van der Waals surface area contributed by atoms with Gasteiger partial charge in [-0.25, -0.2) is 0 Å². The van der Waals surface area contributed by atoms with Crippen molar-refractivity contribution in [3.8, 4) is 0 Å². The third-order valence-corrected chi connectivity index (χ3v) is 3.67. The van der Waals surface area contributed by atoms with E-state index >= 15 is 0 Å². The van der Waals surface area contributed by atoms with Crippen LogP contribution in [-0.4, -0.2) is 25.2 Å². The van der Waals surface area contributed by atoms with Crippen molar-refractivity contribution in [2.24, 2.45) is 0 Å². The molecule has 0 aromatic carbocycles. The van der Waals surface area contributed by atoms with E-state index in [0.717, 1.165) is 19.3 Å². The Balaban J connectivity index is 2.05. The van der Waals surface area contributed by atoms with Crippen molar-refractivity contribution >= 4 is 5.97 Å². The minimum absolute atomic E-state index is 0.00336. The zero-order valence-corrected chi connectivity index (χ0v) is 15.9. The van der Waals surface area contributed by atoms with E-state index in [2.05, 4.69) is 52.9 Å². The summed E-state index contributed by atoms with van der Waals surface area (Å²) in [6, 6.07) is 0. The summed E-state index contributed by atoms with van der Waals surface area (Å²) in [5.74, 6) is -0.807. The lowest BCUT2D eigenvalue weighted by Crippen LogP contribution is -2.09. The molecule has 0 bridgehead atoms. The highest BCUT2D eigenvalue weighted by Gasteiger charge is 2.23. The van der Waals surface area contributed by atoms with Gasteiger partial charge in [-0.15, -0.1) is 0 Å². The molecule has 1 aliphatic heterocycles. The first kappa shape index (κ1) is 15.4. The summed E-state index contributed by atoms with van der Waals surface area (Å²) in [5, 5.41) is 0. The van der Waals surface area contributed by atoms with Crippen molar-refractivity contribution in [2.75, 3.05) is 13.1 Å². The number of unbranched alkanes of at least 4 members (excludes halogenated alkanes) is 4. The molecule has 1 aliphatic rings. The number of hydrogen-bond acceptors (Lipinski definition) is 3. The van der Waals surface area contributed by atoms with E-state index in [1.54, 1.807) is 0 Å². The summed E-state index contributed by atoms with van der Waals surface area (Å²) >= 11 is 0. The van der Waals surface area contributed by atoms with E-state index in [9.17, 15) is 4.79 Å².